The Morgan fingerprint density at radius 1 is 1.44 bits per heavy atom. The highest BCUT2D eigenvalue weighted by Gasteiger charge is 2.30. The summed E-state index contributed by atoms with van der Waals surface area (Å²) in [5.41, 5.74) is 0.688. The number of amides is 3. The van der Waals surface area contributed by atoms with Crippen LogP contribution < -0.4 is 5.32 Å². The number of hydrogen-bond acceptors (Lipinski definition) is 3. The van der Waals surface area contributed by atoms with Gasteiger partial charge in [-0.05, 0) is 19.1 Å². The number of anilines is 1. The molecule has 1 saturated heterocycles. The molecule has 0 atom stereocenters. The van der Waals surface area contributed by atoms with Gasteiger partial charge in [0.15, 0.2) is 0 Å². The van der Waals surface area contributed by atoms with Crippen LogP contribution in [-0.4, -0.2) is 41.8 Å². The van der Waals surface area contributed by atoms with Crippen molar-refractivity contribution < 1.29 is 14.3 Å². The SMILES string of the molecule is CCN(C(=O)Nc1ccccc1)N1CCOC1=O. The molecule has 1 aliphatic heterocycles. The van der Waals surface area contributed by atoms with Gasteiger partial charge in [-0.2, -0.15) is 0 Å². The standard InChI is InChI=1S/C12H15N3O3/c1-2-14(15-8-9-18-12(15)17)11(16)13-10-6-4-3-5-7-10/h3-7H,2,8-9H2,1H3,(H,13,16). The maximum atomic E-state index is 12.0. The Labute approximate surface area is 105 Å². The van der Waals surface area contributed by atoms with Crippen LogP contribution in [0.25, 0.3) is 0 Å². The van der Waals surface area contributed by atoms with Crippen LogP contribution in [0, 0.1) is 0 Å². The van der Waals surface area contributed by atoms with Crippen molar-refractivity contribution in [3.63, 3.8) is 0 Å². The molecule has 6 nitrogen and oxygen atoms in total. The Hall–Kier alpha value is -2.24. The summed E-state index contributed by atoms with van der Waals surface area (Å²) in [6.45, 7) is 2.91. The molecular formula is C12H15N3O3. The maximum Gasteiger partial charge on any atom is 0.429 e. The lowest BCUT2D eigenvalue weighted by Crippen LogP contribution is -2.48. The van der Waals surface area contributed by atoms with Crippen LogP contribution >= 0.6 is 0 Å². The van der Waals surface area contributed by atoms with E-state index in [-0.39, 0.29) is 6.03 Å². The zero-order valence-corrected chi connectivity index (χ0v) is 10.1. The third kappa shape index (κ3) is 2.53. The minimum atomic E-state index is -0.486. The molecule has 1 aliphatic rings. The molecule has 1 aromatic rings. The van der Waals surface area contributed by atoms with Gasteiger partial charge in [-0.3, -0.25) is 0 Å². The summed E-state index contributed by atoms with van der Waals surface area (Å²) in [5, 5.41) is 5.37. The number of rotatable bonds is 3. The van der Waals surface area contributed by atoms with Crippen molar-refractivity contribution in [2.24, 2.45) is 0 Å². The molecule has 6 heteroatoms. The van der Waals surface area contributed by atoms with E-state index in [1.165, 1.54) is 10.0 Å². The summed E-state index contributed by atoms with van der Waals surface area (Å²) in [6, 6.07) is 8.75. The number of carbonyl (C=O) groups excluding carboxylic acids is 2. The van der Waals surface area contributed by atoms with Crippen LogP contribution in [0.3, 0.4) is 0 Å². The van der Waals surface area contributed by atoms with Gasteiger partial charge < -0.3 is 10.1 Å². The van der Waals surface area contributed by atoms with E-state index in [4.69, 9.17) is 4.74 Å². The van der Waals surface area contributed by atoms with Crippen LogP contribution in [0.15, 0.2) is 30.3 Å². The molecule has 18 heavy (non-hydrogen) atoms. The molecule has 96 valence electrons. The van der Waals surface area contributed by atoms with Gasteiger partial charge in [0, 0.05) is 12.2 Å². The van der Waals surface area contributed by atoms with Crippen LogP contribution in [-0.2, 0) is 4.74 Å². The fourth-order valence-electron chi connectivity index (χ4n) is 1.74. The van der Waals surface area contributed by atoms with Crippen LogP contribution in [0.4, 0.5) is 15.3 Å². The molecule has 1 N–H and O–H groups in total. The van der Waals surface area contributed by atoms with Crippen molar-refractivity contribution in [1.82, 2.24) is 10.0 Å². The molecule has 0 saturated carbocycles. The van der Waals surface area contributed by atoms with Crippen LogP contribution in [0.1, 0.15) is 6.92 Å². The largest absolute Gasteiger partial charge is 0.446 e. The zero-order valence-electron chi connectivity index (χ0n) is 10.1. The van der Waals surface area contributed by atoms with Gasteiger partial charge in [-0.1, -0.05) is 18.2 Å². The number of para-hydroxylation sites is 1. The highest BCUT2D eigenvalue weighted by Crippen LogP contribution is 2.11. The Kier molecular flexibility index (Phi) is 3.66. The number of benzene rings is 1. The minimum Gasteiger partial charge on any atom is -0.446 e. The summed E-state index contributed by atoms with van der Waals surface area (Å²) in [5.74, 6) is 0. The molecule has 0 spiro atoms. The Balaban J connectivity index is 2.04. The Morgan fingerprint density at radius 2 is 2.17 bits per heavy atom. The van der Waals surface area contributed by atoms with Crippen molar-refractivity contribution in [2.75, 3.05) is 25.0 Å². The third-order valence-corrected chi connectivity index (χ3v) is 2.59. The van der Waals surface area contributed by atoms with Crippen LogP contribution in [0.2, 0.25) is 0 Å². The van der Waals surface area contributed by atoms with Gasteiger partial charge in [-0.15, -0.1) is 0 Å². The predicted molar refractivity (Wildman–Crippen MR) is 65.9 cm³/mol. The normalized spacial score (nSPS) is 14.3. The number of hydrogen-bond donors (Lipinski definition) is 1. The second-order valence-corrected chi connectivity index (χ2v) is 3.75. The summed E-state index contributed by atoms with van der Waals surface area (Å²) in [7, 11) is 0. The highest BCUT2D eigenvalue weighted by atomic mass is 16.6. The first-order valence-corrected chi connectivity index (χ1v) is 5.80. The maximum absolute atomic E-state index is 12.0. The topological polar surface area (TPSA) is 61.9 Å². The van der Waals surface area contributed by atoms with Gasteiger partial charge in [0.1, 0.15) is 6.61 Å². The molecule has 1 aromatic carbocycles. The van der Waals surface area contributed by atoms with E-state index in [1.807, 2.05) is 18.2 Å². The summed E-state index contributed by atoms with van der Waals surface area (Å²) >= 11 is 0. The van der Waals surface area contributed by atoms with Gasteiger partial charge in [0.25, 0.3) is 0 Å². The average Bonchev–Trinajstić information content (AvgIpc) is 2.78. The lowest BCUT2D eigenvalue weighted by Gasteiger charge is -2.28. The van der Waals surface area contributed by atoms with E-state index in [0.717, 1.165) is 0 Å². The number of urea groups is 1. The van der Waals surface area contributed by atoms with Crippen molar-refractivity contribution in [3.05, 3.63) is 30.3 Å². The quantitative estimate of drug-likeness (QED) is 0.890. The number of nitrogens with zero attached hydrogens (tertiary/aromatic N) is 2. The van der Waals surface area contributed by atoms with Gasteiger partial charge in [0.05, 0.1) is 6.54 Å². The first kappa shape index (κ1) is 12.2. The number of ether oxygens (including phenoxy) is 1. The predicted octanol–water partition coefficient (Wildman–Crippen LogP) is 1.91. The lowest BCUT2D eigenvalue weighted by molar-refractivity contribution is 0.0636. The number of carbonyl (C=O) groups is 2. The monoisotopic (exact) mass is 249 g/mol. The molecule has 3 amide bonds. The summed E-state index contributed by atoms with van der Waals surface area (Å²) in [6.07, 6.45) is -0.486. The fourth-order valence-corrected chi connectivity index (χ4v) is 1.74. The molecule has 0 bridgehead atoms. The minimum absolute atomic E-state index is 0.313. The molecule has 1 fully saturated rings. The van der Waals surface area contributed by atoms with E-state index in [2.05, 4.69) is 5.32 Å². The molecule has 0 aromatic heterocycles. The van der Waals surface area contributed by atoms with Gasteiger partial charge in [0.2, 0.25) is 0 Å². The lowest BCUT2D eigenvalue weighted by atomic mass is 10.3. The number of cyclic esters (lactones) is 1. The van der Waals surface area contributed by atoms with Crippen molar-refractivity contribution in [1.29, 1.82) is 0 Å². The average molecular weight is 249 g/mol. The van der Waals surface area contributed by atoms with Crippen molar-refractivity contribution in [2.45, 2.75) is 6.92 Å². The molecule has 1 heterocycles. The third-order valence-electron chi connectivity index (χ3n) is 2.59. The van der Waals surface area contributed by atoms with E-state index >= 15 is 0 Å². The number of hydrazine groups is 1. The molecule has 0 unspecified atom stereocenters. The van der Waals surface area contributed by atoms with E-state index < -0.39 is 6.09 Å². The van der Waals surface area contributed by atoms with E-state index in [0.29, 0.717) is 25.4 Å². The molecule has 2 rings (SSSR count). The van der Waals surface area contributed by atoms with Gasteiger partial charge in [-0.25, -0.2) is 19.6 Å². The summed E-state index contributed by atoms with van der Waals surface area (Å²) in [4.78, 5) is 23.5. The number of nitrogens with one attached hydrogen (secondary N) is 1. The first-order chi connectivity index (χ1) is 8.72. The van der Waals surface area contributed by atoms with E-state index in [9.17, 15) is 9.59 Å². The summed E-state index contributed by atoms with van der Waals surface area (Å²) < 4.78 is 4.81. The van der Waals surface area contributed by atoms with E-state index in [1.54, 1.807) is 19.1 Å². The van der Waals surface area contributed by atoms with Gasteiger partial charge >= 0.3 is 12.1 Å². The molecule has 0 radical (unpaired) electrons. The second kappa shape index (κ2) is 5.39. The molecular weight excluding hydrogens is 234 g/mol. The Morgan fingerprint density at radius 3 is 2.72 bits per heavy atom. The smallest absolute Gasteiger partial charge is 0.429 e. The first-order valence-electron chi connectivity index (χ1n) is 5.80. The Bertz CT molecular complexity index is 435. The highest BCUT2D eigenvalue weighted by molar-refractivity contribution is 5.90. The second-order valence-electron chi connectivity index (χ2n) is 3.75. The van der Waals surface area contributed by atoms with Crippen molar-refractivity contribution in [3.8, 4) is 0 Å². The fraction of sp³-hybridized carbons (Fsp3) is 0.333. The van der Waals surface area contributed by atoms with Crippen molar-refractivity contribution >= 4 is 17.8 Å². The van der Waals surface area contributed by atoms with Crippen LogP contribution in [0.5, 0.6) is 0 Å². The molecule has 0 aliphatic carbocycles. The zero-order chi connectivity index (χ0) is 13.0.